The maximum Gasteiger partial charge on any atom is 0.239 e. The molecule has 5 nitrogen and oxygen atoms in total. The maximum atomic E-state index is 5.24. The summed E-state index contributed by atoms with van der Waals surface area (Å²) in [5.41, 5.74) is 2.88. The lowest BCUT2D eigenvalue weighted by Gasteiger charge is -2.38. The van der Waals surface area contributed by atoms with Gasteiger partial charge in [-0.15, -0.1) is 0 Å². The minimum Gasteiger partial charge on any atom is -0.369 e. The van der Waals surface area contributed by atoms with Crippen molar-refractivity contribution >= 4 is 11.8 Å². The lowest BCUT2D eigenvalue weighted by molar-refractivity contribution is 0.180. The van der Waals surface area contributed by atoms with Gasteiger partial charge in [-0.25, -0.2) is 10.8 Å². The average molecular weight is 207 g/mol. The van der Waals surface area contributed by atoms with Crippen molar-refractivity contribution in [3.63, 3.8) is 0 Å². The van der Waals surface area contributed by atoms with E-state index in [1.807, 2.05) is 6.07 Å². The van der Waals surface area contributed by atoms with Crippen LogP contribution in [0.1, 0.15) is 26.2 Å². The quantitative estimate of drug-likeness (QED) is 0.513. The Kier molecular flexibility index (Phi) is 2.73. The molecule has 0 aromatic carbocycles. The topological polar surface area (TPSA) is 75.9 Å². The van der Waals surface area contributed by atoms with Gasteiger partial charge >= 0.3 is 0 Å². The van der Waals surface area contributed by atoms with Crippen LogP contribution in [0.25, 0.3) is 0 Å². The molecule has 15 heavy (non-hydrogen) atoms. The molecule has 0 amide bonds. The Labute approximate surface area is 89.5 Å². The number of hydrogen-bond donors (Lipinski definition) is 3. The number of anilines is 2. The van der Waals surface area contributed by atoms with E-state index in [4.69, 9.17) is 5.84 Å². The van der Waals surface area contributed by atoms with E-state index in [-0.39, 0.29) is 0 Å². The Hall–Kier alpha value is -1.36. The van der Waals surface area contributed by atoms with Gasteiger partial charge < -0.3 is 5.32 Å². The molecule has 0 atom stereocenters. The molecule has 0 saturated heterocycles. The highest BCUT2D eigenvalue weighted by atomic mass is 15.3. The van der Waals surface area contributed by atoms with Crippen molar-refractivity contribution in [1.82, 2.24) is 9.97 Å². The van der Waals surface area contributed by atoms with Crippen molar-refractivity contribution in [2.24, 2.45) is 11.3 Å². The first-order chi connectivity index (χ1) is 7.22. The van der Waals surface area contributed by atoms with Gasteiger partial charge in [0.15, 0.2) is 0 Å². The number of nitrogen functional groups attached to an aromatic ring is 1. The fraction of sp³-hybridized carbons (Fsp3) is 0.600. The minimum absolute atomic E-state index is 0.443. The van der Waals surface area contributed by atoms with Crippen LogP contribution in [0.5, 0.6) is 0 Å². The number of hydrogen-bond acceptors (Lipinski definition) is 5. The van der Waals surface area contributed by atoms with Crippen LogP contribution in [0.3, 0.4) is 0 Å². The zero-order chi connectivity index (χ0) is 10.7. The predicted octanol–water partition coefficient (Wildman–Crippen LogP) is 1.36. The molecule has 1 aliphatic rings. The van der Waals surface area contributed by atoms with Gasteiger partial charge in [0.25, 0.3) is 0 Å². The number of nitrogens with zero attached hydrogens (tertiary/aromatic N) is 2. The van der Waals surface area contributed by atoms with Crippen LogP contribution in [0.2, 0.25) is 0 Å². The fourth-order valence-corrected chi connectivity index (χ4v) is 1.79. The second kappa shape index (κ2) is 4.02. The molecule has 0 bridgehead atoms. The highest BCUT2D eigenvalue weighted by molar-refractivity contribution is 5.39. The molecule has 1 aliphatic carbocycles. The lowest BCUT2D eigenvalue weighted by Crippen LogP contribution is -2.33. The van der Waals surface area contributed by atoms with E-state index in [9.17, 15) is 0 Å². The average Bonchev–Trinajstić information content (AvgIpc) is 2.24. The van der Waals surface area contributed by atoms with Gasteiger partial charge in [-0.2, -0.15) is 4.98 Å². The van der Waals surface area contributed by atoms with E-state index in [2.05, 4.69) is 27.6 Å². The maximum absolute atomic E-state index is 5.24. The lowest BCUT2D eigenvalue weighted by atomic mass is 9.70. The molecule has 0 unspecified atom stereocenters. The second-order valence-corrected chi connectivity index (χ2v) is 4.43. The van der Waals surface area contributed by atoms with Crippen molar-refractivity contribution < 1.29 is 0 Å². The second-order valence-electron chi connectivity index (χ2n) is 4.43. The van der Waals surface area contributed by atoms with Crippen molar-refractivity contribution in [2.45, 2.75) is 26.2 Å². The van der Waals surface area contributed by atoms with Crippen LogP contribution in [0.15, 0.2) is 12.3 Å². The SMILES string of the molecule is CC1(CNc2ccnc(NN)n2)CCC1. The van der Waals surface area contributed by atoms with Crippen LogP contribution >= 0.6 is 0 Å². The Morgan fingerprint density at radius 3 is 2.93 bits per heavy atom. The third-order valence-electron chi connectivity index (χ3n) is 3.04. The van der Waals surface area contributed by atoms with Gasteiger partial charge in [-0.1, -0.05) is 13.3 Å². The summed E-state index contributed by atoms with van der Waals surface area (Å²) in [6.07, 6.45) is 5.63. The summed E-state index contributed by atoms with van der Waals surface area (Å²) in [5.74, 6) is 6.50. The van der Waals surface area contributed by atoms with Crippen LogP contribution in [-0.4, -0.2) is 16.5 Å². The summed E-state index contributed by atoms with van der Waals surface area (Å²) in [6, 6.07) is 1.85. The van der Waals surface area contributed by atoms with Crippen molar-refractivity contribution in [3.05, 3.63) is 12.3 Å². The van der Waals surface area contributed by atoms with E-state index in [1.165, 1.54) is 19.3 Å². The summed E-state index contributed by atoms with van der Waals surface area (Å²) in [7, 11) is 0. The van der Waals surface area contributed by atoms with Crippen LogP contribution < -0.4 is 16.6 Å². The highest BCUT2D eigenvalue weighted by Gasteiger charge is 2.31. The zero-order valence-electron chi connectivity index (χ0n) is 8.95. The van der Waals surface area contributed by atoms with Gasteiger partial charge in [-0.05, 0) is 24.3 Å². The Morgan fingerprint density at radius 2 is 2.33 bits per heavy atom. The third kappa shape index (κ3) is 2.36. The highest BCUT2D eigenvalue weighted by Crippen LogP contribution is 2.40. The van der Waals surface area contributed by atoms with Gasteiger partial charge in [0.1, 0.15) is 5.82 Å². The molecule has 1 aromatic heterocycles. The largest absolute Gasteiger partial charge is 0.369 e. The smallest absolute Gasteiger partial charge is 0.239 e. The molecule has 82 valence electrons. The summed E-state index contributed by atoms with van der Waals surface area (Å²) >= 11 is 0. The summed E-state index contributed by atoms with van der Waals surface area (Å²) in [4.78, 5) is 8.14. The normalized spacial score (nSPS) is 18.0. The first-order valence-electron chi connectivity index (χ1n) is 5.25. The van der Waals surface area contributed by atoms with Gasteiger partial charge in [0.2, 0.25) is 5.95 Å². The van der Waals surface area contributed by atoms with Crippen LogP contribution in [0.4, 0.5) is 11.8 Å². The standard InChI is InChI=1S/C10H17N5/c1-10(4-2-5-10)7-13-8-3-6-12-9(14-8)15-11/h3,6H,2,4-5,7,11H2,1H3,(H2,12,13,14,15). The predicted molar refractivity (Wildman–Crippen MR) is 60.3 cm³/mol. The van der Waals surface area contributed by atoms with E-state index < -0.39 is 0 Å². The molecule has 0 radical (unpaired) electrons. The van der Waals surface area contributed by atoms with Crippen LogP contribution in [0, 0.1) is 5.41 Å². The third-order valence-corrected chi connectivity index (χ3v) is 3.04. The summed E-state index contributed by atoms with van der Waals surface area (Å²) in [5, 5.41) is 3.32. The molecular weight excluding hydrogens is 190 g/mol. The number of nitrogens with one attached hydrogen (secondary N) is 2. The number of hydrazine groups is 1. The van der Waals surface area contributed by atoms with Crippen molar-refractivity contribution in [2.75, 3.05) is 17.3 Å². The molecule has 1 fully saturated rings. The molecule has 1 aromatic rings. The fourth-order valence-electron chi connectivity index (χ4n) is 1.79. The van der Waals surface area contributed by atoms with Gasteiger partial charge in [-0.3, -0.25) is 5.43 Å². The Balaban J connectivity index is 1.92. The first kappa shape index (κ1) is 10.2. The summed E-state index contributed by atoms with van der Waals surface area (Å²) < 4.78 is 0. The molecule has 2 rings (SSSR count). The van der Waals surface area contributed by atoms with Crippen molar-refractivity contribution in [3.8, 4) is 0 Å². The molecule has 0 aliphatic heterocycles. The Morgan fingerprint density at radius 1 is 1.53 bits per heavy atom. The molecule has 1 heterocycles. The van der Waals surface area contributed by atoms with E-state index >= 15 is 0 Å². The van der Waals surface area contributed by atoms with Crippen LogP contribution in [-0.2, 0) is 0 Å². The Bertz CT molecular complexity index is 334. The minimum atomic E-state index is 0.443. The molecule has 5 heteroatoms. The number of rotatable bonds is 4. The van der Waals surface area contributed by atoms with Gasteiger partial charge in [0.05, 0.1) is 0 Å². The monoisotopic (exact) mass is 207 g/mol. The van der Waals surface area contributed by atoms with Gasteiger partial charge in [0, 0.05) is 12.7 Å². The van der Waals surface area contributed by atoms with Crippen molar-refractivity contribution in [1.29, 1.82) is 0 Å². The molecule has 1 saturated carbocycles. The van der Waals surface area contributed by atoms with E-state index in [0.29, 0.717) is 11.4 Å². The zero-order valence-corrected chi connectivity index (χ0v) is 8.95. The summed E-state index contributed by atoms with van der Waals surface area (Å²) in [6.45, 7) is 3.26. The number of nitrogens with two attached hydrogens (primary N) is 1. The van der Waals surface area contributed by atoms with E-state index in [1.54, 1.807) is 6.20 Å². The molecule has 4 N–H and O–H groups in total. The first-order valence-corrected chi connectivity index (χ1v) is 5.25. The number of aromatic nitrogens is 2. The van der Waals surface area contributed by atoms with E-state index in [0.717, 1.165) is 12.4 Å². The molecule has 0 spiro atoms. The molecular formula is C10H17N5.